The predicted molar refractivity (Wildman–Crippen MR) is 102 cm³/mol. The van der Waals surface area contributed by atoms with Crippen LogP contribution in [-0.2, 0) is 0 Å². The van der Waals surface area contributed by atoms with Crippen molar-refractivity contribution in [2.75, 3.05) is 6.61 Å². The summed E-state index contributed by atoms with van der Waals surface area (Å²) in [5, 5.41) is 0. The van der Waals surface area contributed by atoms with Gasteiger partial charge < -0.3 is 4.74 Å². The van der Waals surface area contributed by atoms with Crippen molar-refractivity contribution in [3.8, 4) is 5.75 Å². The predicted octanol–water partition coefficient (Wildman–Crippen LogP) is 7.54. The molecule has 0 aliphatic heterocycles. The van der Waals surface area contributed by atoms with Crippen molar-refractivity contribution in [3.63, 3.8) is 0 Å². The lowest BCUT2D eigenvalue weighted by Gasteiger charge is -2.15. The van der Waals surface area contributed by atoms with E-state index >= 15 is 0 Å². The normalized spacial score (nSPS) is 18.4. The summed E-state index contributed by atoms with van der Waals surface area (Å²) in [7, 11) is 0. The second-order valence-electron chi connectivity index (χ2n) is 7.50. The van der Waals surface area contributed by atoms with E-state index in [9.17, 15) is 8.78 Å². The summed E-state index contributed by atoms with van der Waals surface area (Å²) in [5.41, 5.74) is 0. The van der Waals surface area contributed by atoms with Crippen molar-refractivity contribution in [2.24, 2.45) is 11.8 Å². The summed E-state index contributed by atoms with van der Waals surface area (Å²) in [6.07, 6.45) is 14.9. The lowest BCUT2D eigenvalue weighted by Crippen LogP contribution is -1.99. The van der Waals surface area contributed by atoms with E-state index in [2.05, 4.69) is 13.8 Å². The van der Waals surface area contributed by atoms with Gasteiger partial charge in [-0.25, -0.2) is 8.78 Å². The van der Waals surface area contributed by atoms with E-state index < -0.39 is 11.6 Å². The lowest BCUT2D eigenvalue weighted by molar-refractivity contribution is 0.336. The van der Waals surface area contributed by atoms with Crippen LogP contribution >= 0.6 is 0 Å². The zero-order valence-corrected chi connectivity index (χ0v) is 16.3. The minimum absolute atomic E-state index is 0.353. The maximum absolute atomic E-state index is 12.4. The Morgan fingerprint density at radius 3 is 1.60 bits per heavy atom. The molecule has 2 aliphatic rings. The summed E-state index contributed by atoms with van der Waals surface area (Å²) in [6, 6.07) is 3.46. The second kappa shape index (κ2) is 13.1. The molecule has 3 rings (SSSR count). The Bertz CT molecular complexity index is 433. The molecule has 0 heterocycles. The maximum atomic E-state index is 12.4. The Balaban J connectivity index is 0.000000195. The standard InChI is InChI=1S/C8H8F2O.2C7H14/c1-2-11-6-3-4-7(9)8(10)5-6;2*1-7-5-3-2-4-6-7/h3-5H,2H2,1H3;2*7H,2-6H2,1H3. The quantitative estimate of drug-likeness (QED) is 0.533. The van der Waals surface area contributed by atoms with Gasteiger partial charge in [0.15, 0.2) is 11.6 Å². The Morgan fingerprint density at radius 1 is 0.800 bits per heavy atom. The highest BCUT2D eigenvalue weighted by Crippen LogP contribution is 2.22. The SMILES string of the molecule is CC1CCCCC1.CC1CCCCC1.CCOc1ccc(F)c(F)c1. The van der Waals surface area contributed by atoms with Crippen LogP contribution in [0, 0.1) is 23.5 Å². The van der Waals surface area contributed by atoms with Gasteiger partial charge in [-0.15, -0.1) is 0 Å². The highest BCUT2D eigenvalue weighted by Gasteiger charge is 2.06. The number of hydrogen-bond acceptors (Lipinski definition) is 1. The van der Waals surface area contributed by atoms with Gasteiger partial charge in [-0.1, -0.05) is 78.1 Å². The molecule has 0 radical (unpaired) electrons. The van der Waals surface area contributed by atoms with Gasteiger partial charge in [-0.3, -0.25) is 0 Å². The average Bonchev–Trinajstić information content (AvgIpc) is 2.61. The summed E-state index contributed by atoms with van der Waals surface area (Å²) in [4.78, 5) is 0. The number of benzene rings is 1. The Hall–Kier alpha value is -1.12. The van der Waals surface area contributed by atoms with E-state index in [0.717, 1.165) is 24.0 Å². The van der Waals surface area contributed by atoms with Gasteiger partial charge in [0.1, 0.15) is 5.75 Å². The summed E-state index contributed by atoms with van der Waals surface area (Å²) in [5.74, 6) is 0.693. The van der Waals surface area contributed by atoms with Gasteiger partial charge in [0.05, 0.1) is 6.61 Å². The fraction of sp³-hybridized carbons (Fsp3) is 0.727. The fourth-order valence-corrected chi connectivity index (χ4v) is 3.35. The van der Waals surface area contributed by atoms with Gasteiger partial charge in [-0.2, -0.15) is 0 Å². The molecule has 144 valence electrons. The largest absolute Gasteiger partial charge is 0.494 e. The van der Waals surface area contributed by atoms with Crippen LogP contribution in [-0.4, -0.2) is 6.61 Å². The van der Waals surface area contributed by atoms with E-state index in [1.54, 1.807) is 6.92 Å². The Labute approximate surface area is 153 Å². The van der Waals surface area contributed by atoms with Crippen LogP contribution in [0.2, 0.25) is 0 Å². The molecule has 0 saturated heterocycles. The van der Waals surface area contributed by atoms with Gasteiger partial charge in [0.2, 0.25) is 0 Å². The number of ether oxygens (including phenoxy) is 1. The second-order valence-corrected chi connectivity index (χ2v) is 7.50. The van der Waals surface area contributed by atoms with Crippen LogP contribution in [0.3, 0.4) is 0 Å². The van der Waals surface area contributed by atoms with E-state index in [4.69, 9.17) is 4.74 Å². The Kier molecular flexibility index (Phi) is 11.5. The summed E-state index contributed by atoms with van der Waals surface area (Å²) in [6.45, 7) is 6.95. The number of hydrogen-bond donors (Lipinski definition) is 0. The van der Waals surface area contributed by atoms with Crippen LogP contribution < -0.4 is 4.74 Å². The van der Waals surface area contributed by atoms with Crippen molar-refractivity contribution < 1.29 is 13.5 Å². The van der Waals surface area contributed by atoms with Crippen LogP contribution in [0.15, 0.2) is 18.2 Å². The van der Waals surface area contributed by atoms with E-state index in [-0.39, 0.29) is 0 Å². The molecule has 0 aromatic heterocycles. The van der Waals surface area contributed by atoms with Crippen LogP contribution in [0.4, 0.5) is 8.78 Å². The van der Waals surface area contributed by atoms with Crippen molar-refractivity contribution in [3.05, 3.63) is 29.8 Å². The monoisotopic (exact) mass is 354 g/mol. The first-order valence-electron chi connectivity index (χ1n) is 10.1. The van der Waals surface area contributed by atoms with Crippen molar-refractivity contribution in [1.29, 1.82) is 0 Å². The molecule has 0 bridgehead atoms. The first-order chi connectivity index (χ1) is 12.0. The fourth-order valence-electron chi connectivity index (χ4n) is 3.35. The number of rotatable bonds is 2. The zero-order valence-electron chi connectivity index (χ0n) is 16.3. The highest BCUT2D eigenvalue weighted by atomic mass is 19.2. The third kappa shape index (κ3) is 10.5. The highest BCUT2D eigenvalue weighted by molar-refractivity contribution is 5.23. The van der Waals surface area contributed by atoms with Gasteiger partial charge >= 0.3 is 0 Å². The molecule has 2 saturated carbocycles. The van der Waals surface area contributed by atoms with Crippen LogP contribution in [0.5, 0.6) is 5.75 Å². The molecule has 0 unspecified atom stereocenters. The average molecular weight is 355 g/mol. The van der Waals surface area contributed by atoms with Crippen molar-refractivity contribution in [1.82, 2.24) is 0 Å². The molecule has 2 fully saturated rings. The van der Waals surface area contributed by atoms with Crippen molar-refractivity contribution >= 4 is 0 Å². The molecule has 3 heteroatoms. The van der Waals surface area contributed by atoms with E-state index in [1.165, 1.54) is 70.3 Å². The molecule has 0 atom stereocenters. The van der Waals surface area contributed by atoms with Crippen LogP contribution in [0.1, 0.15) is 85.0 Å². The third-order valence-electron chi connectivity index (χ3n) is 4.99. The lowest BCUT2D eigenvalue weighted by atomic mass is 9.91. The van der Waals surface area contributed by atoms with Gasteiger partial charge in [0.25, 0.3) is 0 Å². The first kappa shape index (κ1) is 21.9. The zero-order chi connectivity index (χ0) is 18.5. The first-order valence-corrected chi connectivity index (χ1v) is 10.1. The van der Waals surface area contributed by atoms with Crippen molar-refractivity contribution in [2.45, 2.75) is 85.0 Å². The van der Waals surface area contributed by atoms with E-state index in [0.29, 0.717) is 12.4 Å². The summed E-state index contributed by atoms with van der Waals surface area (Å²) >= 11 is 0. The molecule has 1 aromatic carbocycles. The molecule has 2 aliphatic carbocycles. The molecule has 0 N–H and O–H groups in total. The molecule has 0 amide bonds. The summed E-state index contributed by atoms with van der Waals surface area (Å²) < 4.78 is 29.7. The van der Waals surface area contributed by atoms with E-state index in [1.807, 2.05) is 0 Å². The molecule has 25 heavy (non-hydrogen) atoms. The number of halogens is 2. The minimum Gasteiger partial charge on any atom is -0.494 e. The minimum atomic E-state index is -0.879. The van der Waals surface area contributed by atoms with Gasteiger partial charge in [-0.05, 0) is 30.9 Å². The van der Waals surface area contributed by atoms with Crippen LogP contribution in [0.25, 0.3) is 0 Å². The molecule has 1 aromatic rings. The Morgan fingerprint density at radius 2 is 1.28 bits per heavy atom. The molecular formula is C22H36F2O. The molecule has 1 nitrogen and oxygen atoms in total. The maximum Gasteiger partial charge on any atom is 0.162 e. The molecular weight excluding hydrogens is 318 g/mol. The molecule has 0 spiro atoms. The smallest absolute Gasteiger partial charge is 0.162 e. The third-order valence-corrected chi connectivity index (χ3v) is 4.99. The topological polar surface area (TPSA) is 9.23 Å². The van der Waals surface area contributed by atoms with Gasteiger partial charge in [0, 0.05) is 6.07 Å².